The highest BCUT2D eigenvalue weighted by molar-refractivity contribution is 5.45. The molecule has 0 amide bonds. The maximum Gasteiger partial charge on any atom is 0.310 e. The van der Waals surface area contributed by atoms with Crippen LogP contribution < -0.4 is 4.74 Å². The minimum Gasteiger partial charge on any atom is -0.468 e. The fourth-order valence-electron chi connectivity index (χ4n) is 1.06. The number of ether oxygens (including phenoxy) is 1. The zero-order valence-electron chi connectivity index (χ0n) is 8.21. The molecule has 78 valence electrons. The summed E-state index contributed by atoms with van der Waals surface area (Å²) in [6.45, 7) is 1.78. The molecule has 0 bridgehead atoms. The third-order valence-electron chi connectivity index (χ3n) is 1.85. The first-order valence-electron chi connectivity index (χ1n) is 4.48. The van der Waals surface area contributed by atoms with Crippen LogP contribution in [0.15, 0.2) is 24.3 Å². The topological polar surface area (TPSA) is 76.2 Å². The Morgan fingerprint density at radius 1 is 1.60 bits per heavy atom. The van der Waals surface area contributed by atoms with E-state index in [4.69, 9.17) is 10.00 Å². The summed E-state index contributed by atoms with van der Waals surface area (Å²) >= 11 is 0. The standard InChI is InChI=1S/C10H10N2O3/c1-2-8(7-11)15-10-6-4-3-5-9(10)12(13)14/h3-6,8H,2H2,1H3. The van der Waals surface area contributed by atoms with Gasteiger partial charge in [-0.2, -0.15) is 5.26 Å². The molecule has 0 radical (unpaired) electrons. The molecule has 5 nitrogen and oxygen atoms in total. The number of benzene rings is 1. The summed E-state index contributed by atoms with van der Waals surface area (Å²) in [4.78, 5) is 10.1. The average molecular weight is 206 g/mol. The highest BCUT2D eigenvalue weighted by Gasteiger charge is 2.16. The van der Waals surface area contributed by atoms with Gasteiger partial charge in [-0.15, -0.1) is 0 Å². The maximum atomic E-state index is 10.6. The molecule has 1 unspecified atom stereocenters. The normalized spacial score (nSPS) is 11.5. The SMILES string of the molecule is CCC(C#N)Oc1ccccc1[N+](=O)[O-]. The fourth-order valence-corrected chi connectivity index (χ4v) is 1.06. The summed E-state index contributed by atoms with van der Waals surface area (Å²) < 4.78 is 5.20. The van der Waals surface area contributed by atoms with Gasteiger partial charge in [-0.05, 0) is 12.5 Å². The number of nitrogens with zero attached hydrogens (tertiary/aromatic N) is 2. The second-order valence-electron chi connectivity index (χ2n) is 2.87. The van der Waals surface area contributed by atoms with Crippen molar-refractivity contribution in [2.75, 3.05) is 0 Å². The highest BCUT2D eigenvalue weighted by Crippen LogP contribution is 2.26. The molecule has 0 aromatic heterocycles. The molecule has 1 rings (SSSR count). The Kier molecular flexibility index (Phi) is 3.63. The van der Waals surface area contributed by atoms with E-state index in [1.54, 1.807) is 19.1 Å². The van der Waals surface area contributed by atoms with Gasteiger partial charge in [0.1, 0.15) is 6.07 Å². The Bertz CT molecular complexity index is 398. The number of nitro benzene ring substituents is 1. The zero-order valence-corrected chi connectivity index (χ0v) is 8.21. The van der Waals surface area contributed by atoms with Crippen LogP contribution in [0.3, 0.4) is 0 Å². The van der Waals surface area contributed by atoms with Crippen molar-refractivity contribution >= 4 is 5.69 Å². The summed E-state index contributed by atoms with van der Waals surface area (Å²) in [6, 6.07) is 7.94. The number of nitro groups is 1. The lowest BCUT2D eigenvalue weighted by molar-refractivity contribution is -0.386. The number of para-hydroxylation sites is 2. The van der Waals surface area contributed by atoms with Crippen molar-refractivity contribution in [3.8, 4) is 11.8 Å². The Morgan fingerprint density at radius 2 is 2.27 bits per heavy atom. The van der Waals surface area contributed by atoms with Crippen LogP contribution in [0.25, 0.3) is 0 Å². The van der Waals surface area contributed by atoms with Crippen LogP contribution in [-0.2, 0) is 0 Å². The summed E-state index contributed by atoms with van der Waals surface area (Å²) in [5, 5.41) is 19.3. The Balaban J connectivity index is 2.94. The van der Waals surface area contributed by atoms with Gasteiger partial charge in [-0.1, -0.05) is 19.1 Å². The van der Waals surface area contributed by atoms with Crippen molar-refractivity contribution < 1.29 is 9.66 Å². The van der Waals surface area contributed by atoms with Crippen molar-refractivity contribution in [3.63, 3.8) is 0 Å². The van der Waals surface area contributed by atoms with Gasteiger partial charge in [0, 0.05) is 6.07 Å². The van der Waals surface area contributed by atoms with Crippen LogP contribution in [0, 0.1) is 21.4 Å². The van der Waals surface area contributed by atoms with Crippen LogP contribution in [0.1, 0.15) is 13.3 Å². The van der Waals surface area contributed by atoms with Crippen molar-refractivity contribution in [2.45, 2.75) is 19.4 Å². The van der Waals surface area contributed by atoms with E-state index in [-0.39, 0.29) is 11.4 Å². The van der Waals surface area contributed by atoms with E-state index in [0.717, 1.165) is 0 Å². The number of nitriles is 1. The summed E-state index contributed by atoms with van der Waals surface area (Å²) in [5.41, 5.74) is -0.119. The third kappa shape index (κ3) is 2.68. The monoisotopic (exact) mass is 206 g/mol. The van der Waals surface area contributed by atoms with Crippen molar-refractivity contribution in [3.05, 3.63) is 34.4 Å². The molecule has 0 aliphatic carbocycles. The minimum absolute atomic E-state index is 0.119. The van der Waals surface area contributed by atoms with Crippen LogP contribution in [0.5, 0.6) is 5.75 Å². The predicted molar refractivity (Wildman–Crippen MR) is 53.4 cm³/mol. The van der Waals surface area contributed by atoms with Crippen LogP contribution in [0.2, 0.25) is 0 Å². The predicted octanol–water partition coefficient (Wildman–Crippen LogP) is 2.28. The second kappa shape index (κ2) is 4.96. The van der Waals surface area contributed by atoms with E-state index in [0.29, 0.717) is 6.42 Å². The molecule has 0 spiro atoms. The Morgan fingerprint density at radius 3 is 2.80 bits per heavy atom. The first kappa shape index (κ1) is 11.0. The minimum atomic E-state index is -0.647. The van der Waals surface area contributed by atoms with Gasteiger partial charge in [0.25, 0.3) is 0 Å². The average Bonchev–Trinajstić information content (AvgIpc) is 2.26. The molecule has 1 aromatic rings. The second-order valence-corrected chi connectivity index (χ2v) is 2.87. The van der Waals surface area contributed by atoms with Gasteiger partial charge in [-0.3, -0.25) is 10.1 Å². The zero-order chi connectivity index (χ0) is 11.3. The maximum absolute atomic E-state index is 10.6. The quantitative estimate of drug-likeness (QED) is 0.559. The van der Waals surface area contributed by atoms with Gasteiger partial charge in [-0.25, -0.2) is 0 Å². The van der Waals surface area contributed by atoms with Crippen LogP contribution >= 0.6 is 0 Å². The third-order valence-corrected chi connectivity index (χ3v) is 1.85. The number of hydrogen-bond acceptors (Lipinski definition) is 4. The lowest BCUT2D eigenvalue weighted by Gasteiger charge is -2.09. The van der Waals surface area contributed by atoms with E-state index >= 15 is 0 Å². The van der Waals surface area contributed by atoms with E-state index in [2.05, 4.69) is 0 Å². The number of hydrogen-bond donors (Lipinski definition) is 0. The van der Waals surface area contributed by atoms with Crippen LogP contribution in [-0.4, -0.2) is 11.0 Å². The van der Waals surface area contributed by atoms with Gasteiger partial charge < -0.3 is 4.74 Å². The Labute approximate surface area is 87.1 Å². The summed E-state index contributed by atoms with van der Waals surface area (Å²) in [5.74, 6) is 0.135. The van der Waals surface area contributed by atoms with Crippen molar-refractivity contribution in [1.82, 2.24) is 0 Å². The molecule has 0 saturated heterocycles. The highest BCUT2D eigenvalue weighted by atomic mass is 16.6. The van der Waals surface area contributed by atoms with E-state index < -0.39 is 11.0 Å². The molecule has 0 N–H and O–H groups in total. The van der Waals surface area contributed by atoms with Gasteiger partial charge >= 0.3 is 5.69 Å². The number of rotatable bonds is 4. The summed E-state index contributed by atoms with van der Waals surface area (Å²) in [6.07, 6.45) is -0.158. The van der Waals surface area contributed by atoms with Crippen molar-refractivity contribution in [2.24, 2.45) is 0 Å². The molecular formula is C10H10N2O3. The Hall–Kier alpha value is -2.09. The van der Waals surface area contributed by atoms with Gasteiger partial charge in [0.2, 0.25) is 0 Å². The molecule has 15 heavy (non-hydrogen) atoms. The molecule has 0 heterocycles. The molecular weight excluding hydrogens is 196 g/mol. The van der Waals surface area contributed by atoms with Gasteiger partial charge in [0.05, 0.1) is 4.92 Å². The first-order valence-corrected chi connectivity index (χ1v) is 4.48. The molecule has 0 fully saturated rings. The lowest BCUT2D eigenvalue weighted by atomic mass is 10.2. The van der Waals surface area contributed by atoms with Crippen molar-refractivity contribution in [1.29, 1.82) is 5.26 Å². The van der Waals surface area contributed by atoms with E-state index in [1.165, 1.54) is 12.1 Å². The first-order chi connectivity index (χ1) is 7.19. The fraction of sp³-hybridized carbons (Fsp3) is 0.300. The smallest absolute Gasteiger partial charge is 0.310 e. The largest absolute Gasteiger partial charge is 0.468 e. The van der Waals surface area contributed by atoms with Gasteiger partial charge in [0.15, 0.2) is 11.9 Å². The molecule has 5 heteroatoms. The molecule has 1 atom stereocenters. The molecule has 0 saturated carbocycles. The molecule has 0 aliphatic rings. The van der Waals surface area contributed by atoms with E-state index in [1.807, 2.05) is 6.07 Å². The van der Waals surface area contributed by atoms with Crippen LogP contribution in [0.4, 0.5) is 5.69 Å². The van der Waals surface area contributed by atoms with E-state index in [9.17, 15) is 10.1 Å². The summed E-state index contributed by atoms with van der Waals surface area (Å²) in [7, 11) is 0. The lowest BCUT2D eigenvalue weighted by Crippen LogP contribution is -2.13. The molecule has 1 aromatic carbocycles. The molecule has 0 aliphatic heterocycles.